The fourth-order valence-corrected chi connectivity index (χ4v) is 0.466. The Kier molecular flexibility index (Phi) is 1.18. The molecule has 8 heavy (non-hydrogen) atoms. The van der Waals surface area contributed by atoms with E-state index >= 15 is 0 Å². The van der Waals surface area contributed by atoms with E-state index in [1.807, 2.05) is 0 Å². The monoisotopic (exact) mass is 115 g/mol. The fourth-order valence-electron chi connectivity index (χ4n) is 0.466. The van der Waals surface area contributed by atoms with Gasteiger partial charge in [-0.1, -0.05) is 0 Å². The van der Waals surface area contributed by atoms with Crippen molar-refractivity contribution in [2.24, 2.45) is 0 Å². The van der Waals surface area contributed by atoms with Gasteiger partial charge < -0.3 is 14.6 Å². The Labute approximate surface area is 46.2 Å². The van der Waals surface area contributed by atoms with Gasteiger partial charge in [0.2, 0.25) is 0 Å². The van der Waals surface area contributed by atoms with Crippen LogP contribution in [0.1, 0.15) is 0 Å². The molecule has 1 aliphatic heterocycles. The molecule has 0 aromatic heterocycles. The molecule has 4 nitrogen and oxygen atoms in total. The van der Waals surface area contributed by atoms with Crippen molar-refractivity contribution in [1.29, 1.82) is 5.26 Å². The zero-order chi connectivity index (χ0) is 6.04. The van der Waals surface area contributed by atoms with Crippen molar-refractivity contribution in [3.8, 4) is 6.07 Å². The Morgan fingerprint density at radius 2 is 2.00 bits per heavy atom. The van der Waals surface area contributed by atoms with Crippen molar-refractivity contribution in [3.63, 3.8) is 0 Å². The van der Waals surface area contributed by atoms with Crippen LogP contribution >= 0.6 is 0 Å². The minimum atomic E-state index is -1.96. The van der Waals surface area contributed by atoms with E-state index < -0.39 is 5.97 Å². The molecule has 0 radical (unpaired) electrons. The van der Waals surface area contributed by atoms with Gasteiger partial charge in [0.1, 0.15) is 0 Å². The van der Waals surface area contributed by atoms with E-state index in [-0.39, 0.29) is 13.2 Å². The summed E-state index contributed by atoms with van der Waals surface area (Å²) in [5, 5.41) is 16.8. The van der Waals surface area contributed by atoms with E-state index in [9.17, 15) is 0 Å². The van der Waals surface area contributed by atoms with Crippen molar-refractivity contribution in [2.75, 3.05) is 13.2 Å². The summed E-state index contributed by atoms with van der Waals surface area (Å²) in [6.07, 6.45) is 0. The molecule has 0 aliphatic carbocycles. The predicted octanol–water partition coefficient (Wildman–Crippen LogP) is -0.797. The Hall–Kier alpha value is -0.630. The van der Waals surface area contributed by atoms with E-state index in [4.69, 9.17) is 10.4 Å². The number of hydrogen-bond donors (Lipinski definition) is 1. The van der Waals surface area contributed by atoms with Crippen LogP contribution in [0.3, 0.4) is 0 Å². The molecule has 1 aliphatic rings. The van der Waals surface area contributed by atoms with Crippen LogP contribution in [0, 0.1) is 11.3 Å². The van der Waals surface area contributed by atoms with Crippen LogP contribution in [0.15, 0.2) is 0 Å². The Morgan fingerprint density at radius 3 is 2.25 bits per heavy atom. The molecule has 44 valence electrons. The fraction of sp³-hybridized carbons (Fsp3) is 0.750. The molecule has 4 heteroatoms. The molecular weight excluding hydrogens is 110 g/mol. The number of ether oxygens (including phenoxy) is 2. The highest BCUT2D eigenvalue weighted by Gasteiger charge is 2.33. The maximum absolute atomic E-state index is 8.69. The van der Waals surface area contributed by atoms with Crippen LogP contribution in [0.2, 0.25) is 0 Å². The number of nitrogens with zero attached hydrogens (tertiary/aromatic N) is 1. The second kappa shape index (κ2) is 1.71. The van der Waals surface area contributed by atoms with E-state index in [0.29, 0.717) is 0 Å². The lowest BCUT2D eigenvalue weighted by molar-refractivity contribution is -0.261. The third kappa shape index (κ3) is 0.793. The van der Waals surface area contributed by atoms with Gasteiger partial charge in [-0.2, -0.15) is 5.26 Å². The molecular formula is C4H5NO3. The summed E-state index contributed by atoms with van der Waals surface area (Å²) in [7, 11) is 0. The first-order valence-electron chi connectivity index (χ1n) is 2.18. The maximum atomic E-state index is 8.69. The SMILES string of the molecule is N#CC1(O)OCCO1. The minimum Gasteiger partial charge on any atom is -0.331 e. The topological polar surface area (TPSA) is 62.5 Å². The average molecular weight is 115 g/mol. The zero-order valence-corrected chi connectivity index (χ0v) is 4.13. The largest absolute Gasteiger partial charge is 0.376 e. The number of rotatable bonds is 0. The zero-order valence-electron chi connectivity index (χ0n) is 4.13. The highest BCUT2D eigenvalue weighted by Crippen LogP contribution is 2.12. The van der Waals surface area contributed by atoms with Crippen LogP contribution in [0.5, 0.6) is 0 Å². The van der Waals surface area contributed by atoms with Crippen LogP contribution in [-0.2, 0) is 9.47 Å². The summed E-state index contributed by atoms with van der Waals surface area (Å²) in [4.78, 5) is 0. The molecule has 0 bridgehead atoms. The minimum absolute atomic E-state index is 0.282. The van der Waals surface area contributed by atoms with Gasteiger partial charge in [-0.15, -0.1) is 0 Å². The lowest BCUT2D eigenvalue weighted by Gasteiger charge is -2.07. The normalized spacial score (nSPS) is 25.0. The molecule has 1 N–H and O–H groups in total. The molecule has 0 spiro atoms. The van der Waals surface area contributed by atoms with Gasteiger partial charge in [-0.25, -0.2) is 0 Å². The second-order valence-electron chi connectivity index (χ2n) is 1.39. The smallest absolute Gasteiger partial charge is 0.331 e. The number of hydrogen-bond acceptors (Lipinski definition) is 4. The standard InChI is InChI=1S/C4H5NO3/c5-3-4(6)7-1-2-8-4/h6H,1-2H2. The Bertz CT molecular complexity index is 122. The van der Waals surface area contributed by atoms with Crippen LogP contribution in [-0.4, -0.2) is 24.3 Å². The highest BCUT2D eigenvalue weighted by atomic mass is 16.8. The average Bonchev–Trinajstić information content (AvgIpc) is 2.17. The van der Waals surface area contributed by atoms with Crippen LogP contribution in [0.25, 0.3) is 0 Å². The summed E-state index contributed by atoms with van der Waals surface area (Å²) in [5.74, 6) is -1.96. The van der Waals surface area contributed by atoms with Gasteiger partial charge in [0.25, 0.3) is 0 Å². The van der Waals surface area contributed by atoms with Crippen molar-refractivity contribution in [2.45, 2.75) is 5.97 Å². The summed E-state index contributed by atoms with van der Waals surface area (Å²) < 4.78 is 8.92. The molecule has 0 amide bonds. The highest BCUT2D eigenvalue weighted by molar-refractivity contribution is 4.85. The summed E-state index contributed by atoms with van der Waals surface area (Å²) in [6.45, 7) is 0.564. The first-order chi connectivity index (χ1) is 3.77. The van der Waals surface area contributed by atoms with Gasteiger partial charge in [0.15, 0.2) is 6.07 Å². The molecule has 1 rings (SSSR count). The molecule has 1 saturated heterocycles. The Balaban J connectivity index is 2.56. The number of nitriles is 1. The second-order valence-corrected chi connectivity index (χ2v) is 1.39. The van der Waals surface area contributed by atoms with E-state index in [2.05, 4.69) is 9.47 Å². The van der Waals surface area contributed by atoms with Crippen molar-refractivity contribution in [1.82, 2.24) is 0 Å². The third-order valence-electron chi connectivity index (χ3n) is 0.820. The maximum Gasteiger partial charge on any atom is 0.376 e. The van der Waals surface area contributed by atoms with Crippen LogP contribution < -0.4 is 0 Å². The summed E-state index contributed by atoms with van der Waals surface area (Å²) >= 11 is 0. The molecule has 0 saturated carbocycles. The molecule has 0 aromatic rings. The van der Waals surface area contributed by atoms with E-state index in [1.165, 1.54) is 6.07 Å². The van der Waals surface area contributed by atoms with Crippen molar-refractivity contribution in [3.05, 3.63) is 0 Å². The molecule has 1 fully saturated rings. The Morgan fingerprint density at radius 1 is 1.50 bits per heavy atom. The first kappa shape index (κ1) is 5.51. The van der Waals surface area contributed by atoms with Crippen LogP contribution in [0.4, 0.5) is 0 Å². The van der Waals surface area contributed by atoms with E-state index in [1.54, 1.807) is 0 Å². The van der Waals surface area contributed by atoms with Gasteiger partial charge in [0, 0.05) is 0 Å². The lowest BCUT2D eigenvalue weighted by Crippen LogP contribution is -2.26. The van der Waals surface area contributed by atoms with Gasteiger partial charge in [-0.3, -0.25) is 0 Å². The molecule has 0 aromatic carbocycles. The van der Waals surface area contributed by atoms with Gasteiger partial charge in [0.05, 0.1) is 13.2 Å². The molecule has 0 unspecified atom stereocenters. The first-order valence-corrected chi connectivity index (χ1v) is 2.18. The summed E-state index contributed by atoms with van der Waals surface area (Å²) in [5.41, 5.74) is 0. The molecule has 1 heterocycles. The predicted molar refractivity (Wildman–Crippen MR) is 22.5 cm³/mol. The third-order valence-corrected chi connectivity index (χ3v) is 0.820. The van der Waals surface area contributed by atoms with Crippen molar-refractivity contribution < 1.29 is 14.6 Å². The quantitative estimate of drug-likeness (QED) is 0.420. The van der Waals surface area contributed by atoms with Gasteiger partial charge in [-0.05, 0) is 0 Å². The number of aliphatic hydroxyl groups is 1. The van der Waals surface area contributed by atoms with E-state index in [0.717, 1.165) is 0 Å². The summed E-state index contributed by atoms with van der Waals surface area (Å²) in [6, 6.07) is 1.45. The van der Waals surface area contributed by atoms with Gasteiger partial charge >= 0.3 is 5.97 Å². The molecule has 0 atom stereocenters. The lowest BCUT2D eigenvalue weighted by atomic mass is 10.6. The van der Waals surface area contributed by atoms with Crippen molar-refractivity contribution >= 4 is 0 Å².